The maximum atomic E-state index is 13.3. The van der Waals surface area contributed by atoms with Crippen LogP contribution in [-0.4, -0.2) is 99.6 Å². The number of unbranched alkanes of at least 4 members (excludes halogenated alkanes) is 26. The zero-order valence-electron chi connectivity index (χ0n) is 43.5. The Bertz CT molecular complexity index is 1290. The second kappa shape index (κ2) is 45.7. The molecular weight excluding hydrogens is 859 g/mol. The number of hydrogen-bond donors (Lipinski definition) is 6. The fraction of sp³-hybridized carbons (Fsp3) is 0.825. The number of nitrogens with one attached hydrogen (secondary N) is 1. The Morgan fingerprint density at radius 1 is 0.588 bits per heavy atom. The van der Waals surface area contributed by atoms with E-state index in [1.807, 2.05) is 6.08 Å². The molecule has 1 fully saturated rings. The lowest BCUT2D eigenvalue weighted by Crippen LogP contribution is -2.61. The number of carbonyl (C=O) groups is 2. The van der Waals surface area contributed by atoms with E-state index in [1.54, 1.807) is 6.08 Å². The van der Waals surface area contributed by atoms with Gasteiger partial charge in [-0.05, 0) is 77.0 Å². The molecule has 11 heteroatoms. The number of aliphatic hydroxyl groups is 5. The van der Waals surface area contributed by atoms with E-state index in [0.29, 0.717) is 12.8 Å². The third kappa shape index (κ3) is 34.0. The minimum Gasteiger partial charge on any atom is -0.454 e. The topological polar surface area (TPSA) is 175 Å². The number of esters is 1. The normalized spacial score (nSPS) is 20.3. The summed E-state index contributed by atoms with van der Waals surface area (Å²) in [5.41, 5.74) is 0. The molecule has 1 saturated heterocycles. The predicted octanol–water partition coefficient (Wildman–Crippen LogP) is 12.1. The molecule has 1 rings (SSSR count). The smallest absolute Gasteiger partial charge is 0.306 e. The van der Waals surface area contributed by atoms with E-state index >= 15 is 0 Å². The average Bonchev–Trinajstić information content (AvgIpc) is 3.33. The molecule has 1 aliphatic heterocycles. The van der Waals surface area contributed by atoms with Gasteiger partial charge in [0.2, 0.25) is 5.91 Å². The number of carbonyl (C=O) groups excluding carboxylic acids is 2. The minimum absolute atomic E-state index is 0.113. The summed E-state index contributed by atoms with van der Waals surface area (Å²) in [7, 11) is 0. The highest BCUT2D eigenvalue weighted by Crippen LogP contribution is 2.26. The quantitative estimate of drug-likeness (QED) is 0.0196. The molecule has 0 aromatic carbocycles. The molecule has 8 atom stereocenters. The van der Waals surface area contributed by atoms with Crippen LogP contribution in [-0.2, 0) is 23.8 Å². The third-order valence-electron chi connectivity index (χ3n) is 13.0. The van der Waals surface area contributed by atoms with Crippen LogP contribution in [0.25, 0.3) is 0 Å². The molecule has 6 N–H and O–H groups in total. The third-order valence-corrected chi connectivity index (χ3v) is 13.0. The summed E-state index contributed by atoms with van der Waals surface area (Å²) < 4.78 is 17.5. The van der Waals surface area contributed by atoms with E-state index in [1.165, 1.54) is 109 Å². The summed E-state index contributed by atoms with van der Waals surface area (Å²) in [6.07, 6.45) is 43.0. The van der Waals surface area contributed by atoms with E-state index in [2.05, 4.69) is 62.5 Å². The van der Waals surface area contributed by atoms with Crippen LogP contribution in [0.4, 0.5) is 0 Å². The maximum Gasteiger partial charge on any atom is 0.306 e. The van der Waals surface area contributed by atoms with Gasteiger partial charge in [-0.2, -0.15) is 0 Å². The predicted molar refractivity (Wildman–Crippen MR) is 278 cm³/mol. The van der Waals surface area contributed by atoms with Crippen LogP contribution in [0.2, 0.25) is 0 Å². The van der Waals surface area contributed by atoms with E-state index in [0.717, 1.165) is 83.5 Å². The zero-order valence-corrected chi connectivity index (χ0v) is 43.5. The molecule has 0 aromatic rings. The van der Waals surface area contributed by atoms with Gasteiger partial charge in [-0.25, -0.2) is 0 Å². The Kier molecular flexibility index (Phi) is 42.8. The van der Waals surface area contributed by atoms with Crippen LogP contribution >= 0.6 is 0 Å². The average molecular weight is 962 g/mol. The van der Waals surface area contributed by atoms with Crippen LogP contribution in [0.15, 0.2) is 48.6 Å². The molecule has 1 heterocycles. The highest BCUT2D eigenvalue weighted by Gasteiger charge is 2.47. The summed E-state index contributed by atoms with van der Waals surface area (Å²) in [4.78, 5) is 26.4. The summed E-state index contributed by atoms with van der Waals surface area (Å²) in [5.74, 6) is -1.22. The summed E-state index contributed by atoms with van der Waals surface area (Å²) in [6.45, 7) is 5.64. The van der Waals surface area contributed by atoms with Crippen molar-refractivity contribution in [2.45, 2.75) is 288 Å². The molecule has 0 radical (unpaired) electrons. The number of allylic oxidation sites excluding steroid dienone is 7. The number of hydrogen-bond acceptors (Lipinski definition) is 10. The first-order valence-corrected chi connectivity index (χ1v) is 27.9. The van der Waals surface area contributed by atoms with E-state index < -0.39 is 67.4 Å². The van der Waals surface area contributed by atoms with Crippen LogP contribution < -0.4 is 5.32 Å². The van der Waals surface area contributed by atoms with Crippen molar-refractivity contribution in [3.8, 4) is 0 Å². The molecule has 1 aliphatic rings. The highest BCUT2D eigenvalue weighted by atomic mass is 16.7. The number of ether oxygens (including phenoxy) is 3. The van der Waals surface area contributed by atoms with Gasteiger partial charge >= 0.3 is 5.97 Å². The van der Waals surface area contributed by atoms with Gasteiger partial charge in [0.1, 0.15) is 24.4 Å². The number of aliphatic hydroxyl groups excluding tert-OH is 5. The SMILES string of the molecule is CC/C=C/C/C=C/CCCCCCCCCC(=O)OC1C(OCC(NC(=O)C(O)CCCC/C=C\CCCCCCCCC)C(O)/C=C/CCCCCCCCCCCC)OC(CO)C(O)C1O. The first kappa shape index (κ1) is 63.6. The standard InChI is InChI=1S/C57H103NO10/c1-4-7-10-13-16-19-22-25-27-30-33-36-39-42-45-52(62)68-55-54(64)53(63)51(46-59)67-57(55)66-47-48(49(60)43-40-37-34-31-28-24-21-18-15-12-9-6-3)58-56(65)50(61)44-41-38-35-32-29-26-23-20-17-14-11-8-5-2/h7,10,16,19,29,32,40,43,48-51,53-55,57,59-61,63-64H,4-6,8-9,11-15,17-18,20-28,30-31,33-39,41-42,44-47H2,1-3H3,(H,58,65)/b10-7+,19-16+,32-29-,43-40+. The van der Waals surface area contributed by atoms with Gasteiger partial charge in [-0.15, -0.1) is 0 Å². The largest absolute Gasteiger partial charge is 0.454 e. The van der Waals surface area contributed by atoms with Crippen LogP contribution in [0.3, 0.4) is 0 Å². The highest BCUT2D eigenvalue weighted by molar-refractivity contribution is 5.80. The van der Waals surface area contributed by atoms with Gasteiger partial charge < -0.3 is 45.1 Å². The van der Waals surface area contributed by atoms with Crippen LogP contribution in [0.1, 0.15) is 239 Å². The Labute approximate surface area is 415 Å². The number of rotatable bonds is 46. The van der Waals surface area contributed by atoms with Crippen molar-refractivity contribution in [1.29, 1.82) is 0 Å². The lowest BCUT2D eigenvalue weighted by molar-refractivity contribution is -0.305. The molecule has 0 saturated carbocycles. The van der Waals surface area contributed by atoms with Gasteiger partial charge in [0, 0.05) is 6.42 Å². The van der Waals surface area contributed by atoms with Gasteiger partial charge in [0.15, 0.2) is 12.4 Å². The fourth-order valence-corrected chi connectivity index (χ4v) is 8.51. The molecular formula is C57H103NO10. The molecule has 0 aromatic heterocycles. The molecule has 396 valence electrons. The molecule has 0 aliphatic carbocycles. The molecule has 68 heavy (non-hydrogen) atoms. The van der Waals surface area contributed by atoms with Crippen molar-refractivity contribution < 1.29 is 49.3 Å². The van der Waals surface area contributed by atoms with Crippen molar-refractivity contribution in [2.24, 2.45) is 0 Å². The second-order valence-electron chi connectivity index (χ2n) is 19.3. The summed E-state index contributed by atoms with van der Waals surface area (Å²) in [6, 6.07) is -1.03. The van der Waals surface area contributed by atoms with E-state index in [4.69, 9.17) is 14.2 Å². The Morgan fingerprint density at radius 2 is 1.06 bits per heavy atom. The number of amides is 1. The van der Waals surface area contributed by atoms with E-state index in [-0.39, 0.29) is 19.4 Å². The summed E-state index contributed by atoms with van der Waals surface area (Å²) in [5, 5.41) is 56.7. The molecule has 1 amide bonds. The first-order chi connectivity index (χ1) is 33.2. The molecule has 0 bridgehead atoms. The lowest BCUT2D eigenvalue weighted by atomic mass is 9.99. The minimum atomic E-state index is -1.62. The van der Waals surface area contributed by atoms with Crippen molar-refractivity contribution in [2.75, 3.05) is 13.2 Å². The Balaban J connectivity index is 2.77. The second-order valence-corrected chi connectivity index (χ2v) is 19.3. The monoisotopic (exact) mass is 962 g/mol. The Hall–Kier alpha value is -2.38. The van der Waals surface area contributed by atoms with E-state index in [9.17, 15) is 35.1 Å². The molecule has 0 spiro atoms. The van der Waals surface area contributed by atoms with Crippen LogP contribution in [0, 0.1) is 0 Å². The van der Waals surface area contributed by atoms with Gasteiger partial charge in [-0.1, -0.05) is 204 Å². The van der Waals surface area contributed by atoms with Gasteiger partial charge in [0.05, 0.1) is 25.4 Å². The van der Waals surface area contributed by atoms with Crippen molar-refractivity contribution >= 4 is 11.9 Å². The fourth-order valence-electron chi connectivity index (χ4n) is 8.51. The zero-order chi connectivity index (χ0) is 49.7. The van der Waals surface area contributed by atoms with Crippen molar-refractivity contribution in [1.82, 2.24) is 5.32 Å². The maximum absolute atomic E-state index is 13.3. The van der Waals surface area contributed by atoms with Gasteiger partial charge in [0.25, 0.3) is 0 Å². The van der Waals surface area contributed by atoms with Crippen molar-refractivity contribution in [3.63, 3.8) is 0 Å². The summed E-state index contributed by atoms with van der Waals surface area (Å²) >= 11 is 0. The lowest BCUT2D eigenvalue weighted by Gasteiger charge is -2.41. The Morgan fingerprint density at radius 3 is 1.59 bits per heavy atom. The first-order valence-electron chi connectivity index (χ1n) is 27.9. The molecule has 8 unspecified atom stereocenters. The van der Waals surface area contributed by atoms with Gasteiger partial charge in [-0.3, -0.25) is 9.59 Å². The van der Waals surface area contributed by atoms with Crippen molar-refractivity contribution in [3.05, 3.63) is 48.6 Å². The van der Waals surface area contributed by atoms with Crippen LogP contribution in [0.5, 0.6) is 0 Å². The molecule has 11 nitrogen and oxygen atoms in total.